The molecule has 42 heavy (non-hydrogen) atoms. The number of methoxy groups -OCH3 is 1. The van der Waals surface area contributed by atoms with Crippen molar-refractivity contribution in [3.63, 3.8) is 0 Å². The number of fused-ring (bicyclic) bond motifs is 1. The Morgan fingerprint density at radius 2 is 1.83 bits per heavy atom. The Bertz CT molecular complexity index is 1710. The number of hydrogen-bond donors (Lipinski definition) is 0. The lowest BCUT2D eigenvalue weighted by molar-refractivity contribution is 0.0988. The summed E-state index contributed by atoms with van der Waals surface area (Å²) in [4.78, 5) is 31.9. The number of benzene rings is 2. The zero-order chi connectivity index (χ0) is 29.5. The summed E-state index contributed by atoms with van der Waals surface area (Å²) in [5.74, 6) is 0.271. The van der Waals surface area contributed by atoms with Crippen LogP contribution in [-0.2, 0) is 0 Å². The molecule has 0 spiro atoms. The molecule has 0 aliphatic carbocycles. The third-order valence-electron chi connectivity index (χ3n) is 7.76. The molecule has 6 rings (SSSR count). The monoisotopic (exact) mass is 585 g/mol. The van der Waals surface area contributed by atoms with Crippen LogP contribution in [0, 0.1) is 17.1 Å². The molecule has 0 N–H and O–H groups in total. The second kappa shape index (κ2) is 11.1. The molecule has 1 unspecified atom stereocenters. The minimum Gasteiger partial charge on any atom is -0.480 e. The van der Waals surface area contributed by atoms with Crippen LogP contribution in [0.2, 0.25) is 5.02 Å². The van der Waals surface area contributed by atoms with E-state index in [-0.39, 0.29) is 22.4 Å². The van der Waals surface area contributed by atoms with Gasteiger partial charge in [-0.05, 0) is 62.9 Å². The summed E-state index contributed by atoms with van der Waals surface area (Å²) in [6, 6.07) is 12.7. The molecule has 1 amide bonds. The lowest BCUT2D eigenvalue weighted by Crippen LogP contribution is -2.31. The normalized spacial score (nSPS) is 16.6. The maximum atomic E-state index is 15.4. The first kappa shape index (κ1) is 27.7. The van der Waals surface area contributed by atoms with Crippen LogP contribution in [0.3, 0.4) is 0 Å². The van der Waals surface area contributed by atoms with E-state index in [0.717, 1.165) is 25.9 Å². The Labute approximate surface area is 248 Å². The van der Waals surface area contributed by atoms with Crippen LogP contribution in [0.5, 0.6) is 5.88 Å². The summed E-state index contributed by atoms with van der Waals surface area (Å²) in [6.07, 6.45) is 5.05. The molecule has 0 radical (unpaired) electrons. The molecule has 0 bridgehead atoms. The third-order valence-corrected chi connectivity index (χ3v) is 8.06. The van der Waals surface area contributed by atoms with Gasteiger partial charge in [0.05, 0.1) is 40.7 Å². The predicted molar refractivity (Wildman–Crippen MR) is 157 cm³/mol. The van der Waals surface area contributed by atoms with Gasteiger partial charge in [-0.2, -0.15) is 10.2 Å². The third kappa shape index (κ3) is 4.54. The summed E-state index contributed by atoms with van der Waals surface area (Å²) in [6.45, 7) is 5.75. The molecule has 214 valence electrons. The quantitative estimate of drug-likeness (QED) is 0.260. The van der Waals surface area contributed by atoms with E-state index in [1.54, 1.807) is 43.6 Å². The SMILES string of the molecule is COc1nc(N2CCCCC2)ncc1-c1nc2c(n1C(C)C)C(c1ccc(C#N)cc1)N(c1cccc(Cl)c1F)C2=O. The van der Waals surface area contributed by atoms with Crippen molar-refractivity contribution in [1.82, 2.24) is 19.5 Å². The van der Waals surface area contributed by atoms with E-state index in [1.807, 2.05) is 18.4 Å². The van der Waals surface area contributed by atoms with Gasteiger partial charge in [0.15, 0.2) is 11.5 Å². The van der Waals surface area contributed by atoms with E-state index in [9.17, 15) is 10.1 Å². The Balaban J connectivity index is 1.54. The minimum absolute atomic E-state index is 0.0449. The number of nitriles is 1. The molecule has 1 atom stereocenters. The highest BCUT2D eigenvalue weighted by molar-refractivity contribution is 6.31. The number of anilines is 2. The van der Waals surface area contributed by atoms with Gasteiger partial charge in [0.25, 0.3) is 5.91 Å². The molecule has 2 aromatic carbocycles. The van der Waals surface area contributed by atoms with Gasteiger partial charge in [-0.25, -0.2) is 14.4 Å². The van der Waals surface area contributed by atoms with Crippen LogP contribution in [0.25, 0.3) is 11.4 Å². The lowest BCUT2D eigenvalue weighted by atomic mass is 10.0. The van der Waals surface area contributed by atoms with Crippen molar-refractivity contribution in [1.29, 1.82) is 5.26 Å². The topological polar surface area (TPSA) is 100 Å². The number of carbonyl (C=O) groups excluding carboxylic acids is 1. The molecule has 4 heterocycles. The van der Waals surface area contributed by atoms with E-state index in [2.05, 4.69) is 16.0 Å². The first-order valence-corrected chi connectivity index (χ1v) is 14.3. The largest absolute Gasteiger partial charge is 0.480 e. The lowest BCUT2D eigenvalue weighted by Gasteiger charge is -2.29. The number of ether oxygens (including phenoxy) is 1. The summed E-state index contributed by atoms with van der Waals surface area (Å²) in [7, 11) is 1.55. The van der Waals surface area contributed by atoms with E-state index >= 15 is 4.39 Å². The standard InChI is InChI=1S/C31H29ClFN7O2/c1-18(2)39-27-25(36-28(39)21-17-35-31(37-29(21)42-3)38-14-5-4-6-15-38)30(41)40(23-9-7-8-22(32)24(23)33)26(27)20-12-10-19(16-34)11-13-20/h7-13,17-18,26H,4-6,14-15H2,1-3H3. The molecular weight excluding hydrogens is 557 g/mol. The number of rotatable bonds is 6. The number of halogens is 2. The number of carbonyl (C=O) groups is 1. The van der Waals surface area contributed by atoms with Crippen molar-refractivity contribution in [2.24, 2.45) is 0 Å². The maximum absolute atomic E-state index is 15.4. The maximum Gasteiger partial charge on any atom is 0.279 e. The summed E-state index contributed by atoms with van der Waals surface area (Å²) in [5, 5.41) is 9.28. The number of aromatic nitrogens is 4. The van der Waals surface area contributed by atoms with Gasteiger partial charge in [-0.3, -0.25) is 9.69 Å². The van der Waals surface area contributed by atoms with Crippen LogP contribution in [-0.4, -0.2) is 45.6 Å². The second-order valence-corrected chi connectivity index (χ2v) is 11.1. The van der Waals surface area contributed by atoms with Gasteiger partial charge < -0.3 is 14.2 Å². The Morgan fingerprint density at radius 3 is 2.50 bits per heavy atom. The van der Waals surface area contributed by atoms with Crippen LogP contribution < -0.4 is 14.5 Å². The van der Waals surface area contributed by atoms with E-state index < -0.39 is 17.8 Å². The van der Waals surface area contributed by atoms with Gasteiger partial charge in [0.1, 0.15) is 11.9 Å². The zero-order valence-corrected chi connectivity index (χ0v) is 24.3. The van der Waals surface area contributed by atoms with E-state index in [0.29, 0.717) is 40.0 Å². The van der Waals surface area contributed by atoms with Crippen molar-refractivity contribution < 1.29 is 13.9 Å². The molecule has 2 aromatic heterocycles. The van der Waals surface area contributed by atoms with Gasteiger partial charge in [-0.1, -0.05) is 29.8 Å². The molecule has 1 saturated heterocycles. The average Bonchev–Trinajstić information content (AvgIpc) is 3.53. The molecule has 2 aliphatic heterocycles. The van der Waals surface area contributed by atoms with Crippen LogP contribution in [0.15, 0.2) is 48.7 Å². The van der Waals surface area contributed by atoms with Gasteiger partial charge >= 0.3 is 0 Å². The van der Waals surface area contributed by atoms with E-state index in [4.69, 9.17) is 26.3 Å². The number of amides is 1. The highest BCUT2D eigenvalue weighted by Crippen LogP contribution is 2.46. The summed E-state index contributed by atoms with van der Waals surface area (Å²) >= 11 is 6.15. The van der Waals surface area contributed by atoms with Crippen molar-refractivity contribution in [3.8, 4) is 23.3 Å². The fourth-order valence-electron chi connectivity index (χ4n) is 5.82. The predicted octanol–water partition coefficient (Wildman–Crippen LogP) is 6.33. The van der Waals surface area contributed by atoms with Gasteiger partial charge in [-0.15, -0.1) is 0 Å². The van der Waals surface area contributed by atoms with E-state index in [1.165, 1.54) is 23.5 Å². The number of piperidine rings is 1. The smallest absolute Gasteiger partial charge is 0.279 e. The fraction of sp³-hybridized carbons (Fsp3) is 0.323. The van der Waals surface area contributed by atoms with Crippen molar-refractivity contribution in [3.05, 3.63) is 82.0 Å². The Hall–Kier alpha value is -4.49. The van der Waals surface area contributed by atoms with Gasteiger partial charge in [0.2, 0.25) is 11.8 Å². The van der Waals surface area contributed by atoms with Crippen LogP contribution >= 0.6 is 11.6 Å². The fourth-order valence-corrected chi connectivity index (χ4v) is 5.99. The van der Waals surface area contributed by atoms with Crippen LogP contribution in [0.4, 0.5) is 16.0 Å². The average molecular weight is 586 g/mol. The van der Waals surface area contributed by atoms with Gasteiger partial charge in [0, 0.05) is 25.3 Å². The molecule has 1 fully saturated rings. The van der Waals surface area contributed by atoms with Crippen molar-refractivity contribution >= 4 is 29.1 Å². The number of hydrogen-bond acceptors (Lipinski definition) is 7. The molecule has 2 aliphatic rings. The minimum atomic E-state index is -0.739. The molecule has 9 nitrogen and oxygen atoms in total. The first-order chi connectivity index (χ1) is 20.3. The number of nitrogens with zero attached hydrogens (tertiary/aromatic N) is 7. The Kier molecular flexibility index (Phi) is 7.29. The second-order valence-electron chi connectivity index (χ2n) is 10.7. The molecule has 11 heteroatoms. The van der Waals surface area contributed by atoms with Crippen molar-refractivity contribution in [2.75, 3.05) is 30.0 Å². The Morgan fingerprint density at radius 1 is 1.10 bits per heavy atom. The first-order valence-electron chi connectivity index (χ1n) is 13.9. The molecular formula is C31H29ClFN7O2. The van der Waals surface area contributed by atoms with Crippen LogP contribution in [0.1, 0.15) is 72.5 Å². The summed E-state index contributed by atoms with van der Waals surface area (Å²) < 4.78 is 23.1. The highest BCUT2D eigenvalue weighted by Gasteiger charge is 2.46. The summed E-state index contributed by atoms with van der Waals surface area (Å²) in [5.41, 5.74) is 2.54. The highest BCUT2D eigenvalue weighted by atomic mass is 35.5. The molecule has 4 aromatic rings. The van der Waals surface area contributed by atoms with Crippen molar-refractivity contribution in [2.45, 2.75) is 45.2 Å². The molecule has 0 saturated carbocycles. The number of imidazole rings is 1. The zero-order valence-electron chi connectivity index (χ0n) is 23.5.